The zero-order chi connectivity index (χ0) is 24.2. The SMILES string of the molecule is CCOc1ccccc1-c1cc(C(=O)N2CCCC[C@@H]2c2ncc(Cc3cccc(F)c3)o2)[nH]n1. The van der Waals surface area contributed by atoms with Crippen LogP contribution in [0.3, 0.4) is 0 Å². The molecule has 7 nitrogen and oxygen atoms in total. The van der Waals surface area contributed by atoms with Gasteiger partial charge in [-0.3, -0.25) is 9.89 Å². The van der Waals surface area contributed by atoms with Gasteiger partial charge in [0.15, 0.2) is 0 Å². The summed E-state index contributed by atoms with van der Waals surface area (Å²) in [6, 6.07) is 15.6. The highest BCUT2D eigenvalue weighted by Gasteiger charge is 2.33. The van der Waals surface area contributed by atoms with Crippen LogP contribution in [0.15, 0.2) is 65.2 Å². The molecule has 0 unspecified atom stereocenters. The summed E-state index contributed by atoms with van der Waals surface area (Å²) in [5.41, 5.74) is 2.69. The summed E-state index contributed by atoms with van der Waals surface area (Å²) in [7, 11) is 0. The molecule has 1 saturated heterocycles. The smallest absolute Gasteiger partial charge is 0.272 e. The van der Waals surface area contributed by atoms with Gasteiger partial charge in [-0.15, -0.1) is 0 Å². The van der Waals surface area contributed by atoms with Gasteiger partial charge in [-0.2, -0.15) is 5.10 Å². The maximum absolute atomic E-state index is 13.5. The second-order valence-electron chi connectivity index (χ2n) is 8.58. The highest BCUT2D eigenvalue weighted by atomic mass is 19.1. The zero-order valence-electron chi connectivity index (χ0n) is 19.5. The van der Waals surface area contributed by atoms with Gasteiger partial charge in [0.2, 0.25) is 5.89 Å². The van der Waals surface area contributed by atoms with Crippen molar-refractivity contribution in [2.24, 2.45) is 0 Å². The summed E-state index contributed by atoms with van der Waals surface area (Å²) in [6.45, 7) is 3.08. The van der Waals surface area contributed by atoms with E-state index in [9.17, 15) is 9.18 Å². The van der Waals surface area contributed by atoms with E-state index in [1.54, 1.807) is 23.2 Å². The molecule has 35 heavy (non-hydrogen) atoms. The Balaban J connectivity index is 1.35. The van der Waals surface area contributed by atoms with E-state index < -0.39 is 0 Å². The summed E-state index contributed by atoms with van der Waals surface area (Å²) in [5, 5.41) is 7.28. The monoisotopic (exact) mass is 474 g/mol. The van der Waals surface area contributed by atoms with Gasteiger partial charge in [0.25, 0.3) is 5.91 Å². The van der Waals surface area contributed by atoms with Crippen molar-refractivity contribution in [1.82, 2.24) is 20.1 Å². The van der Waals surface area contributed by atoms with Gasteiger partial charge in [-0.25, -0.2) is 9.37 Å². The standard InChI is InChI=1S/C27H27FN4O3/c1-2-34-25-12-4-3-10-21(25)22-16-23(31-30-22)27(33)32-13-6-5-11-24(32)26-29-17-20(35-26)15-18-8-7-9-19(28)14-18/h3-4,7-10,12,14,16-17,24H,2,5-6,11,13,15H2,1H3,(H,30,31)/t24-/m1/s1. The molecule has 8 heteroatoms. The molecule has 1 aliphatic rings. The van der Waals surface area contributed by atoms with Crippen molar-refractivity contribution >= 4 is 5.91 Å². The van der Waals surface area contributed by atoms with E-state index in [-0.39, 0.29) is 17.8 Å². The molecule has 0 radical (unpaired) electrons. The number of halogens is 1. The van der Waals surface area contributed by atoms with Gasteiger partial charge in [-0.1, -0.05) is 24.3 Å². The minimum atomic E-state index is -0.283. The quantitative estimate of drug-likeness (QED) is 0.379. The van der Waals surface area contributed by atoms with Crippen LogP contribution in [0.5, 0.6) is 5.75 Å². The van der Waals surface area contributed by atoms with Crippen molar-refractivity contribution < 1.29 is 18.3 Å². The third kappa shape index (κ3) is 4.96. The predicted octanol–water partition coefficient (Wildman–Crippen LogP) is 5.56. The third-order valence-electron chi connectivity index (χ3n) is 6.16. The Morgan fingerprint density at radius 1 is 1.20 bits per heavy atom. The van der Waals surface area contributed by atoms with Crippen LogP contribution in [0.4, 0.5) is 4.39 Å². The number of aromatic nitrogens is 3. The molecule has 1 amide bonds. The summed E-state index contributed by atoms with van der Waals surface area (Å²) in [5.74, 6) is 1.44. The largest absolute Gasteiger partial charge is 0.493 e. The Morgan fingerprint density at radius 2 is 2.09 bits per heavy atom. The fraction of sp³-hybridized carbons (Fsp3) is 0.296. The maximum atomic E-state index is 13.5. The van der Waals surface area contributed by atoms with E-state index in [2.05, 4.69) is 15.2 Å². The van der Waals surface area contributed by atoms with E-state index >= 15 is 0 Å². The van der Waals surface area contributed by atoms with Crippen LogP contribution in [0.25, 0.3) is 11.3 Å². The number of hydrogen-bond acceptors (Lipinski definition) is 5. The lowest BCUT2D eigenvalue weighted by molar-refractivity contribution is 0.0564. The number of ether oxygens (including phenoxy) is 1. The molecule has 5 rings (SSSR count). The van der Waals surface area contributed by atoms with Gasteiger partial charge in [-0.05, 0) is 62.1 Å². The topological polar surface area (TPSA) is 84.2 Å². The molecule has 180 valence electrons. The van der Waals surface area contributed by atoms with E-state index in [1.807, 2.05) is 37.3 Å². The average Bonchev–Trinajstić information content (AvgIpc) is 3.55. The number of para-hydroxylation sites is 1. The first-order valence-electron chi connectivity index (χ1n) is 11.9. The molecular weight excluding hydrogens is 447 g/mol. The van der Waals surface area contributed by atoms with E-state index in [1.165, 1.54) is 12.1 Å². The maximum Gasteiger partial charge on any atom is 0.272 e. The number of rotatable bonds is 7. The number of piperidine rings is 1. The molecule has 2 aromatic heterocycles. The Bertz CT molecular complexity index is 1320. The van der Waals surface area contributed by atoms with Crippen molar-refractivity contribution in [3.05, 3.63) is 89.5 Å². The fourth-order valence-electron chi connectivity index (χ4n) is 4.52. The molecule has 1 fully saturated rings. The second kappa shape index (κ2) is 10.1. The van der Waals surface area contributed by atoms with Crippen molar-refractivity contribution in [2.75, 3.05) is 13.2 Å². The van der Waals surface area contributed by atoms with E-state index in [0.717, 1.165) is 36.1 Å². The lowest BCUT2D eigenvalue weighted by Crippen LogP contribution is -2.38. The average molecular weight is 475 g/mol. The number of nitrogens with one attached hydrogen (secondary N) is 1. The first kappa shape index (κ1) is 22.8. The third-order valence-corrected chi connectivity index (χ3v) is 6.16. The number of amides is 1. The molecule has 2 aromatic carbocycles. The zero-order valence-corrected chi connectivity index (χ0v) is 19.5. The number of hydrogen-bond donors (Lipinski definition) is 1. The molecule has 0 aliphatic carbocycles. The number of carbonyl (C=O) groups excluding carboxylic acids is 1. The molecule has 1 N–H and O–H groups in total. The number of carbonyl (C=O) groups is 1. The van der Waals surface area contributed by atoms with Crippen LogP contribution >= 0.6 is 0 Å². The van der Waals surface area contributed by atoms with E-state index in [4.69, 9.17) is 9.15 Å². The summed E-state index contributed by atoms with van der Waals surface area (Å²) in [6.07, 6.45) is 4.75. The van der Waals surface area contributed by atoms with Crippen LogP contribution in [0.1, 0.15) is 59.9 Å². The minimum absolute atomic E-state index is 0.146. The Morgan fingerprint density at radius 3 is 2.94 bits per heavy atom. The number of oxazole rings is 1. The summed E-state index contributed by atoms with van der Waals surface area (Å²) >= 11 is 0. The number of aromatic amines is 1. The number of likely N-dealkylation sites (tertiary alicyclic amines) is 1. The van der Waals surface area contributed by atoms with Crippen molar-refractivity contribution in [1.29, 1.82) is 0 Å². The normalized spacial score (nSPS) is 15.8. The van der Waals surface area contributed by atoms with Crippen molar-refractivity contribution in [2.45, 2.75) is 38.6 Å². The van der Waals surface area contributed by atoms with Crippen LogP contribution in [-0.4, -0.2) is 39.1 Å². The summed E-state index contributed by atoms with van der Waals surface area (Å²) in [4.78, 5) is 19.8. The Labute approximate surface area is 202 Å². The Hall–Kier alpha value is -3.94. The molecule has 1 atom stereocenters. The lowest BCUT2D eigenvalue weighted by atomic mass is 10.0. The second-order valence-corrected chi connectivity index (χ2v) is 8.58. The predicted molar refractivity (Wildman–Crippen MR) is 129 cm³/mol. The van der Waals surface area contributed by atoms with Crippen LogP contribution in [-0.2, 0) is 6.42 Å². The first-order chi connectivity index (χ1) is 17.1. The molecule has 0 saturated carbocycles. The lowest BCUT2D eigenvalue weighted by Gasteiger charge is -2.33. The van der Waals surface area contributed by atoms with Crippen LogP contribution in [0, 0.1) is 5.82 Å². The number of nitrogens with zero attached hydrogens (tertiary/aromatic N) is 3. The number of benzene rings is 2. The molecule has 0 spiro atoms. The van der Waals surface area contributed by atoms with E-state index in [0.29, 0.717) is 42.6 Å². The molecule has 3 heterocycles. The van der Waals surface area contributed by atoms with Crippen molar-refractivity contribution in [3.63, 3.8) is 0 Å². The molecular formula is C27H27FN4O3. The summed E-state index contributed by atoms with van der Waals surface area (Å²) < 4.78 is 25.3. The first-order valence-corrected chi connectivity index (χ1v) is 11.9. The fourth-order valence-corrected chi connectivity index (χ4v) is 4.52. The molecule has 1 aliphatic heterocycles. The van der Waals surface area contributed by atoms with Crippen molar-refractivity contribution in [3.8, 4) is 17.0 Å². The highest BCUT2D eigenvalue weighted by Crippen LogP contribution is 2.33. The minimum Gasteiger partial charge on any atom is -0.493 e. The highest BCUT2D eigenvalue weighted by molar-refractivity contribution is 5.94. The van der Waals surface area contributed by atoms with Gasteiger partial charge < -0.3 is 14.1 Å². The molecule has 0 bridgehead atoms. The van der Waals surface area contributed by atoms with Gasteiger partial charge in [0.05, 0.1) is 18.5 Å². The van der Waals surface area contributed by atoms with Gasteiger partial charge in [0.1, 0.15) is 29.1 Å². The number of H-pyrrole nitrogens is 1. The van der Waals surface area contributed by atoms with Crippen LogP contribution < -0.4 is 4.74 Å². The van der Waals surface area contributed by atoms with Gasteiger partial charge >= 0.3 is 0 Å². The Kier molecular flexibility index (Phi) is 6.61. The van der Waals surface area contributed by atoms with Gasteiger partial charge in [0, 0.05) is 18.5 Å². The van der Waals surface area contributed by atoms with Crippen LogP contribution in [0.2, 0.25) is 0 Å². The molecule has 4 aromatic rings.